The zero-order valence-electron chi connectivity index (χ0n) is 15.2. The van der Waals surface area contributed by atoms with Crippen LogP contribution in [0.25, 0.3) is 0 Å². The summed E-state index contributed by atoms with van der Waals surface area (Å²) in [4.78, 5) is 15.3. The van der Waals surface area contributed by atoms with Crippen molar-refractivity contribution >= 4 is 51.8 Å². The monoisotopic (exact) mass is 407 g/mol. The zero-order valence-corrected chi connectivity index (χ0v) is 16.8. The van der Waals surface area contributed by atoms with Gasteiger partial charge in [0, 0.05) is 23.2 Å². The first-order valence-corrected chi connectivity index (χ1v) is 9.64. The van der Waals surface area contributed by atoms with Gasteiger partial charge in [0.15, 0.2) is 0 Å². The summed E-state index contributed by atoms with van der Waals surface area (Å²) in [5.41, 5.74) is 3.65. The summed E-state index contributed by atoms with van der Waals surface area (Å²) in [6, 6.07) is 25.1. The van der Waals surface area contributed by atoms with Crippen LogP contribution in [0.3, 0.4) is 0 Å². The second kappa shape index (κ2) is 7.62. The molecule has 0 fully saturated rings. The second-order valence-corrected chi connectivity index (χ2v) is 7.26. The number of hydrogen-bond acceptors (Lipinski definition) is 3. The largest absolute Gasteiger partial charge is 0.321 e. The Hall–Kier alpha value is -2.89. The Balaban J connectivity index is 1.82. The van der Waals surface area contributed by atoms with Crippen LogP contribution >= 0.6 is 23.8 Å². The highest BCUT2D eigenvalue weighted by molar-refractivity contribution is 7.80. The number of hydrogen-bond donors (Lipinski definition) is 0. The fourth-order valence-electron chi connectivity index (χ4n) is 3.36. The normalized spacial score (nSPS) is 13.3. The molecule has 0 saturated carbocycles. The van der Waals surface area contributed by atoms with Crippen molar-refractivity contribution in [3.8, 4) is 0 Å². The van der Waals surface area contributed by atoms with E-state index in [1.54, 1.807) is 11.9 Å². The summed E-state index contributed by atoms with van der Waals surface area (Å²) < 4.78 is 0. The Morgan fingerprint density at radius 3 is 2.29 bits per heavy atom. The molecule has 6 heteroatoms. The third-order valence-electron chi connectivity index (χ3n) is 4.61. The lowest BCUT2D eigenvalue weighted by Crippen LogP contribution is -2.55. The molecule has 0 N–H and O–H groups in total. The topological polar surface area (TPSA) is 26.8 Å². The number of carbonyl (C=O) groups is 1. The lowest BCUT2D eigenvalue weighted by molar-refractivity contribution is -0.118. The van der Waals surface area contributed by atoms with Crippen LogP contribution in [0.2, 0.25) is 5.02 Å². The van der Waals surface area contributed by atoms with Crippen LogP contribution in [-0.2, 0) is 4.79 Å². The van der Waals surface area contributed by atoms with Gasteiger partial charge in [0.25, 0.3) is 0 Å². The Kier molecular flexibility index (Phi) is 5.03. The van der Waals surface area contributed by atoms with E-state index >= 15 is 0 Å². The van der Waals surface area contributed by atoms with Crippen LogP contribution in [0, 0.1) is 0 Å². The number of rotatable bonds is 3. The Morgan fingerprint density at radius 2 is 1.61 bits per heavy atom. The van der Waals surface area contributed by atoms with Crippen molar-refractivity contribution in [3.05, 3.63) is 89.4 Å². The van der Waals surface area contributed by atoms with E-state index in [1.807, 2.05) is 83.9 Å². The van der Waals surface area contributed by atoms with Crippen molar-refractivity contribution < 1.29 is 4.79 Å². The highest BCUT2D eigenvalue weighted by Gasteiger charge is 2.32. The minimum atomic E-state index is -0.107. The summed E-state index contributed by atoms with van der Waals surface area (Å²) in [7, 11) is 0. The number of hydrazine groups is 1. The molecule has 0 atom stereocenters. The van der Waals surface area contributed by atoms with Crippen LogP contribution in [0.4, 0.5) is 17.1 Å². The third kappa shape index (κ3) is 3.35. The highest BCUT2D eigenvalue weighted by Crippen LogP contribution is 2.36. The second-order valence-electron chi connectivity index (χ2n) is 6.43. The van der Waals surface area contributed by atoms with Gasteiger partial charge >= 0.3 is 0 Å². The quantitative estimate of drug-likeness (QED) is 0.543. The van der Waals surface area contributed by atoms with Gasteiger partial charge in [-0.25, -0.2) is 10.0 Å². The van der Waals surface area contributed by atoms with E-state index in [4.69, 9.17) is 23.8 Å². The van der Waals surface area contributed by atoms with Gasteiger partial charge in [-0.05, 0) is 48.5 Å². The first-order valence-electron chi connectivity index (χ1n) is 8.86. The molecule has 28 heavy (non-hydrogen) atoms. The van der Waals surface area contributed by atoms with Crippen molar-refractivity contribution in [2.24, 2.45) is 0 Å². The molecule has 3 aromatic rings. The summed E-state index contributed by atoms with van der Waals surface area (Å²) in [6.45, 7) is 1.95. The Morgan fingerprint density at radius 1 is 0.964 bits per heavy atom. The van der Waals surface area contributed by atoms with Crippen LogP contribution < -0.4 is 9.91 Å². The molecule has 3 aromatic carbocycles. The molecule has 0 aromatic heterocycles. The minimum Gasteiger partial charge on any atom is -0.321 e. The molecule has 0 bridgehead atoms. The molecule has 4 rings (SSSR count). The number of halogens is 1. The maximum absolute atomic E-state index is 12.6. The van der Waals surface area contributed by atoms with E-state index in [2.05, 4.69) is 4.90 Å². The molecule has 0 aliphatic carbocycles. The average Bonchev–Trinajstić information content (AvgIpc) is 2.71. The molecule has 140 valence electrons. The molecule has 0 radical (unpaired) electrons. The number of amides is 1. The van der Waals surface area contributed by atoms with Crippen molar-refractivity contribution in [3.63, 3.8) is 0 Å². The Labute approximate surface area is 174 Å². The molecule has 1 amide bonds. The number of benzene rings is 3. The SMILES string of the molecule is CC(=O)N(c1ccccc1)N1CN(c2ccc(Cl)cc2)c2ccccc2C1=S. The van der Waals surface area contributed by atoms with E-state index in [-0.39, 0.29) is 5.91 Å². The molecule has 1 aliphatic heterocycles. The van der Waals surface area contributed by atoms with Gasteiger partial charge in [0.1, 0.15) is 11.7 Å². The lowest BCUT2D eigenvalue weighted by atomic mass is 10.1. The van der Waals surface area contributed by atoms with Crippen LogP contribution in [-0.4, -0.2) is 22.6 Å². The molecule has 1 heterocycles. The predicted molar refractivity (Wildman–Crippen MR) is 118 cm³/mol. The smallest absolute Gasteiger partial charge is 0.242 e. The Bertz CT molecular complexity index is 1020. The van der Waals surface area contributed by atoms with Gasteiger partial charge in [0.05, 0.1) is 11.4 Å². The van der Waals surface area contributed by atoms with Gasteiger partial charge in [-0.15, -0.1) is 0 Å². The lowest BCUT2D eigenvalue weighted by Gasteiger charge is -2.44. The summed E-state index contributed by atoms with van der Waals surface area (Å²) in [5, 5.41) is 4.14. The van der Waals surface area contributed by atoms with Crippen LogP contribution in [0.15, 0.2) is 78.9 Å². The molecule has 1 aliphatic rings. The van der Waals surface area contributed by atoms with Gasteiger partial charge in [-0.2, -0.15) is 0 Å². The van der Waals surface area contributed by atoms with Crippen LogP contribution in [0.5, 0.6) is 0 Å². The fourth-order valence-corrected chi connectivity index (χ4v) is 3.80. The van der Waals surface area contributed by atoms with Crippen molar-refractivity contribution in [2.75, 3.05) is 16.6 Å². The minimum absolute atomic E-state index is 0.107. The standard InChI is InChI=1S/C22H18ClN3OS/c1-16(27)26(19-7-3-2-4-8-19)25-15-24(18-13-11-17(23)12-14-18)21-10-6-5-9-20(21)22(25)28/h2-14H,15H2,1H3. The maximum Gasteiger partial charge on any atom is 0.242 e. The maximum atomic E-state index is 12.6. The molecular weight excluding hydrogens is 390 g/mol. The van der Waals surface area contributed by atoms with Gasteiger partial charge in [-0.1, -0.05) is 54.2 Å². The van der Waals surface area contributed by atoms with Crippen molar-refractivity contribution in [1.29, 1.82) is 0 Å². The highest BCUT2D eigenvalue weighted by atomic mass is 35.5. The van der Waals surface area contributed by atoms with Gasteiger partial charge in [0.2, 0.25) is 5.91 Å². The molecule has 0 unspecified atom stereocenters. The van der Waals surface area contributed by atoms with Crippen molar-refractivity contribution in [2.45, 2.75) is 6.92 Å². The molecular formula is C22H18ClN3OS. The van der Waals surface area contributed by atoms with Crippen LogP contribution in [0.1, 0.15) is 12.5 Å². The van der Waals surface area contributed by atoms with Crippen molar-refractivity contribution in [1.82, 2.24) is 5.01 Å². The number of para-hydroxylation sites is 2. The van der Waals surface area contributed by atoms with Gasteiger partial charge in [-0.3, -0.25) is 4.79 Å². The first kappa shape index (κ1) is 18.5. The molecule has 0 spiro atoms. The van der Waals surface area contributed by atoms with E-state index in [0.29, 0.717) is 16.7 Å². The molecule has 4 nitrogen and oxygen atoms in total. The summed E-state index contributed by atoms with van der Waals surface area (Å²) in [6.07, 6.45) is 0. The predicted octanol–water partition coefficient (Wildman–Crippen LogP) is 5.39. The van der Waals surface area contributed by atoms with E-state index in [9.17, 15) is 4.79 Å². The van der Waals surface area contributed by atoms with E-state index in [0.717, 1.165) is 22.6 Å². The summed E-state index contributed by atoms with van der Waals surface area (Å²) in [5.74, 6) is -0.107. The summed E-state index contributed by atoms with van der Waals surface area (Å²) >= 11 is 11.9. The number of thiocarbonyl (C=S) groups is 1. The van der Waals surface area contributed by atoms with E-state index < -0.39 is 0 Å². The average molecular weight is 408 g/mol. The number of nitrogens with zero attached hydrogens (tertiary/aromatic N) is 3. The van der Waals surface area contributed by atoms with E-state index in [1.165, 1.54) is 0 Å². The number of carbonyl (C=O) groups excluding carboxylic acids is 1. The number of fused-ring (bicyclic) bond motifs is 1. The first-order chi connectivity index (χ1) is 13.6. The molecule has 0 saturated heterocycles. The number of anilines is 3. The zero-order chi connectivity index (χ0) is 19.7. The third-order valence-corrected chi connectivity index (χ3v) is 5.30. The van der Waals surface area contributed by atoms with Gasteiger partial charge < -0.3 is 4.90 Å². The fraction of sp³-hybridized carbons (Fsp3) is 0.0909.